The molecule has 6 nitrogen and oxygen atoms in total. The normalized spacial score (nSPS) is 18.9. The van der Waals surface area contributed by atoms with Gasteiger partial charge in [0.15, 0.2) is 5.75 Å². The fourth-order valence-corrected chi connectivity index (χ4v) is 1.64. The first-order valence-electron chi connectivity index (χ1n) is 5.18. The quantitative estimate of drug-likeness (QED) is 0.451. The zero-order valence-electron chi connectivity index (χ0n) is 9.00. The smallest absolute Gasteiger partial charge is 0.311 e. The van der Waals surface area contributed by atoms with Crippen LogP contribution in [0.5, 0.6) is 5.75 Å². The van der Waals surface area contributed by atoms with Crippen LogP contribution in [0.2, 0.25) is 0 Å². The van der Waals surface area contributed by atoms with Crippen molar-refractivity contribution in [2.45, 2.75) is 12.5 Å². The molecule has 1 saturated heterocycles. The maximum Gasteiger partial charge on any atom is 0.311 e. The number of carbonyl (C=O) groups excluding carboxylic acids is 1. The highest BCUT2D eigenvalue weighted by Crippen LogP contribution is 2.29. The van der Waals surface area contributed by atoms with E-state index in [4.69, 9.17) is 9.47 Å². The molecule has 90 valence electrons. The minimum atomic E-state index is -0.557. The summed E-state index contributed by atoms with van der Waals surface area (Å²) in [4.78, 5) is 20.8. The Kier molecular flexibility index (Phi) is 3.34. The van der Waals surface area contributed by atoms with Crippen LogP contribution in [0.15, 0.2) is 18.2 Å². The Bertz CT molecular complexity index is 439. The van der Waals surface area contributed by atoms with Gasteiger partial charge in [0.2, 0.25) is 0 Å². The van der Waals surface area contributed by atoms with Crippen molar-refractivity contribution >= 4 is 12.0 Å². The number of rotatable bonds is 4. The summed E-state index contributed by atoms with van der Waals surface area (Å²) >= 11 is 0. The van der Waals surface area contributed by atoms with Crippen LogP contribution in [0, 0.1) is 10.1 Å². The summed E-state index contributed by atoms with van der Waals surface area (Å²) in [6, 6.07) is 4.14. The largest absolute Gasteiger partial charge is 0.481 e. The second-order valence-electron chi connectivity index (χ2n) is 3.71. The number of hydrogen-bond acceptors (Lipinski definition) is 5. The van der Waals surface area contributed by atoms with Crippen molar-refractivity contribution in [2.24, 2.45) is 0 Å². The molecular weight excluding hydrogens is 226 g/mol. The molecule has 17 heavy (non-hydrogen) atoms. The third-order valence-electron chi connectivity index (χ3n) is 2.50. The lowest BCUT2D eigenvalue weighted by Crippen LogP contribution is -2.16. The van der Waals surface area contributed by atoms with Crippen molar-refractivity contribution < 1.29 is 19.2 Å². The van der Waals surface area contributed by atoms with Crippen molar-refractivity contribution in [2.75, 3.05) is 13.2 Å². The molecule has 1 heterocycles. The van der Waals surface area contributed by atoms with E-state index in [0.717, 1.165) is 0 Å². The van der Waals surface area contributed by atoms with Crippen LogP contribution < -0.4 is 4.74 Å². The third kappa shape index (κ3) is 2.59. The van der Waals surface area contributed by atoms with E-state index < -0.39 is 4.92 Å². The first-order chi connectivity index (χ1) is 8.20. The molecule has 2 rings (SSSR count). The molecule has 1 fully saturated rings. The van der Waals surface area contributed by atoms with Gasteiger partial charge >= 0.3 is 5.69 Å². The number of aldehydes is 1. The van der Waals surface area contributed by atoms with Crippen LogP contribution in [-0.2, 0) is 4.74 Å². The van der Waals surface area contributed by atoms with Gasteiger partial charge in [-0.15, -0.1) is 0 Å². The van der Waals surface area contributed by atoms with E-state index in [1.807, 2.05) is 0 Å². The monoisotopic (exact) mass is 237 g/mol. The van der Waals surface area contributed by atoms with Crippen molar-refractivity contribution in [3.8, 4) is 5.75 Å². The molecule has 1 aliphatic rings. The molecule has 0 spiro atoms. The Morgan fingerprint density at radius 3 is 2.94 bits per heavy atom. The summed E-state index contributed by atoms with van der Waals surface area (Å²) in [6.45, 7) is 1.04. The summed E-state index contributed by atoms with van der Waals surface area (Å²) in [5.41, 5.74) is 0.0632. The Labute approximate surface area is 97.3 Å². The molecule has 1 unspecified atom stereocenters. The minimum absolute atomic E-state index is 0.157. The highest BCUT2D eigenvalue weighted by molar-refractivity contribution is 5.77. The topological polar surface area (TPSA) is 78.7 Å². The van der Waals surface area contributed by atoms with E-state index in [0.29, 0.717) is 25.9 Å². The molecule has 0 aromatic heterocycles. The molecule has 0 N–H and O–H groups in total. The van der Waals surface area contributed by atoms with Crippen molar-refractivity contribution in [3.63, 3.8) is 0 Å². The van der Waals surface area contributed by atoms with Gasteiger partial charge in [0, 0.05) is 18.1 Å². The van der Waals surface area contributed by atoms with Gasteiger partial charge in [0.25, 0.3) is 0 Å². The highest BCUT2D eigenvalue weighted by Gasteiger charge is 2.22. The molecule has 1 aromatic carbocycles. The Morgan fingerprint density at radius 2 is 2.35 bits per heavy atom. The van der Waals surface area contributed by atoms with Gasteiger partial charge in [0.05, 0.1) is 18.1 Å². The summed E-state index contributed by atoms with van der Waals surface area (Å²) in [5, 5.41) is 10.8. The predicted octanol–water partition coefficient (Wildman–Crippen LogP) is 1.57. The summed E-state index contributed by atoms with van der Waals surface area (Å²) in [5.74, 6) is 0.177. The average molecular weight is 237 g/mol. The molecule has 1 aliphatic heterocycles. The van der Waals surface area contributed by atoms with Gasteiger partial charge in [-0.05, 0) is 12.1 Å². The Morgan fingerprint density at radius 1 is 1.53 bits per heavy atom. The highest BCUT2D eigenvalue weighted by atomic mass is 16.6. The Hall–Kier alpha value is -1.95. The van der Waals surface area contributed by atoms with Crippen LogP contribution in [0.4, 0.5) is 5.69 Å². The van der Waals surface area contributed by atoms with Gasteiger partial charge in [-0.1, -0.05) is 0 Å². The second-order valence-corrected chi connectivity index (χ2v) is 3.71. The van der Waals surface area contributed by atoms with E-state index in [1.54, 1.807) is 0 Å². The van der Waals surface area contributed by atoms with Gasteiger partial charge in [0.1, 0.15) is 12.4 Å². The summed E-state index contributed by atoms with van der Waals surface area (Å²) in [6.07, 6.45) is 1.12. The number of benzene rings is 1. The fourth-order valence-electron chi connectivity index (χ4n) is 1.64. The van der Waals surface area contributed by atoms with E-state index in [9.17, 15) is 14.9 Å². The molecule has 0 radical (unpaired) electrons. The third-order valence-corrected chi connectivity index (χ3v) is 2.50. The average Bonchev–Trinajstić information content (AvgIpc) is 2.82. The zero-order valence-corrected chi connectivity index (χ0v) is 9.00. The first kappa shape index (κ1) is 11.5. The van der Waals surface area contributed by atoms with Crippen LogP contribution in [0.3, 0.4) is 0 Å². The SMILES string of the molecule is O=Cc1ccc(OC2CCOC2)c([N+](=O)[O-])c1. The van der Waals surface area contributed by atoms with Gasteiger partial charge < -0.3 is 9.47 Å². The predicted molar refractivity (Wildman–Crippen MR) is 58.3 cm³/mol. The standard InChI is InChI=1S/C11H11NO5/c13-6-8-1-2-11(10(5-8)12(14)15)17-9-3-4-16-7-9/h1-2,5-6,9H,3-4,7H2. The zero-order chi connectivity index (χ0) is 12.3. The van der Waals surface area contributed by atoms with Crippen molar-refractivity contribution in [1.29, 1.82) is 0 Å². The molecule has 0 bridgehead atoms. The molecule has 6 heteroatoms. The molecule has 1 aromatic rings. The van der Waals surface area contributed by atoms with Crippen LogP contribution >= 0.6 is 0 Å². The molecule has 0 aliphatic carbocycles. The first-order valence-corrected chi connectivity index (χ1v) is 5.18. The molecule has 1 atom stereocenters. The van der Waals surface area contributed by atoms with Gasteiger partial charge in [-0.25, -0.2) is 0 Å². The van der Waals surface area contributed by atoms with Crippen LogP contribution in [0.25, 0.3) is 0 Å². The van der Waals surface area contributed by atoms with Crippen LogP contribution in [0.1, 0.15) is 16.8 Å². The van der Waals surface area contributed by atoms with Crippen LogP contribution in [-0.4, -0.2) is 30.5 Å². The number of ether oxygens (including phenoxy) is 2. The van der Waals surface area contributed by atoms with Crippen molar-refractivity contribution in [1.82, 2.24) is 0 Å². The molecular formula is C11H11NO5. The lowest BCUT2D eigenvalue weighted by atomic mass is 10.2. The number of carbonyl (C=O) groups is 1. The number of nitro benzene ring substituents is 1. The number of nitro groups is 1. The second kappa shape index (κ2) is 4.92. The van der Waals surface area contributed by atoms with Gasteiger partial charge in [-0.2, -0.15) is 0 Å². The number of hydrogen-bond donors (Lipinski definition) is 0. The van der Waals surface area contributed by atoms with E-state index in [1.165, 1.54) is 18.2 Å². The lowest BCUT2D eigenvalue weighted by Gasteiger charge is -2.11. The van der Waals surface area contributed by atoms with E-state index in [-0.39, 0.29) is 23.1 Å². The molecule has 0 amide bonds. The summed E-state index contributed by atoms with van der Waals surface area (Å²) < 4.78 is 10.6. The summed E-state index contributed by atoms with van der Waals surface area (Å²) in [7, 11) is 0. The lowest BCUT2D eigenvalue weighted by molar-refractivity contribution is -0.386. The van der Waals surface area contributed by atoms with Gasteiger partial charge in [-0.3, -0.25) is 14.9 Å². The number of nitrogens with zero attached hydrogens (tertiary/aromatic N) is 1. The molecule has 0 saturated carbocycles. The van der Waals surface area contributed by atoms with E-state index in [2.05, 4.69) is 0 Å². The van der Waals surface area contributed by atoms with Crippen molar-refractivity contribution in [3.05, 3.63) is 33.9 Å². The Balaban J connectivity index is 2.25. The van der Waals surface area contributed by atoms with E-state index >= 15 is 0 Å². The minimum Gasteiger partial charge on any atom is -0.481 e. The maximum atomic E-state index is 10.8. The fraction of sp³-hybridized carbons (Fsp3) is 0.364. The maximum absolute atomic E-state index is 10.8.